The summed E-state index contributed by atoms with van der Waals surface area (Å²) in [6.45, 7) is 8.11. The number of anilines is 2. The van der Waals surface area contributed by atoms with Gasteiger partial charge in [-0.05, 0) is 49.4 Å². The molecule has 2 saturated carbocycles. The first kappa shape index (κ1) is 19.4. The molecule has 2 N–H and O–H groups in total. The van der Waals surface area contributed by atoms with E-state index in [1.54, 1.807) is 0 Å². The number of Topliss-reactive ketones (excluding diaryl/α,β-unsaturated/α-hetero) is 1. The number of hydrazone groups is 1. The summed E-state index contributed by atoms with van der Waals surface area (Å²) >= 11 is 0. The number of aryl methyl sites for hydroxylation is 1. The Morgan fingerprint density at radius 2 is 1.59 bits per heavy atom. The topological polar surface area (TPSA) is 70.6 Å². The SMILES string of the molecule is Cc1ccc(NC(=O)C23CCC(C)(/C(=N/Nc4ccccc4)C2=O)C3(C)C)cc1. The first-order valence-corrected chi connectivity index (χ1v) is 10.0. The molecule has 2 fully saturated rings. The monoisotopic (exact) mass is 389 g/mol. The molecule has 0 radical (unpaired) electrons. The minimum absolute atomic E-state index is 0.163. The quantitative estimate of drug-likeness (QED) is 0.583. The van der Waals surface area contributed by atoms with Crippen molar-refractivity contribution in [1.29, 1.82) is 0 Å². The van der Waals surface area contributed by atoms with Crippen LogP contribution in [0.2, 0.25) is 0 Å². The van der Waals surface area contributed by atoms with Gasteiger partial charge in [-0.25, -0.2) is 0 Å². The molecule has 2 aliphatic carbocycles. The van der Waals surface area contributed by atoms with Crippen molar-refractivity contribution in [2.24, 2.45) is 21.3 Å². The fourth-order valence-corrected chi connectivity index (χ4v) is 4.98. The predicted molar refractivity (Wildman–Crippen MR) is 116 cm³/mol. The maximum atomic E-state index is 13.6. The molecule has 2 unspecified atom stereocenters. The molecule has 29 heavy (non-hydrogen) atoms. The third-order valence-corrected chi connectivity index (χ3v) is 7.34. The van der Waals surface area contributed by atoms with Crippen LogP contribution in [0, 0.1) is 23.2 Å². The number of rotatable bonds is 4. The molecule has 0 saturated heterocycles. The Balaban J connectivity index is 1.69. The second-order valence-corrected chi connectivity index (χ2v) is 8.95. The Kier molecular flexibility index (Phi) is 4.37. The van der Waals surface area contributed by atoms with Crippen LogP contribution in [0.3, 0.4) is 0 Å². The van der Waals surface area contributed by atoms with E-state index in [0.29, 0.717) is 17.8 Å². The van der Waals surface area contributed by atoms with Gasteiger partial charge in [0.2, 0.25) is 5.91 Å². The number of amides is 1. The van der Waals surface area contributed by atoms with E-state index in [1.165, 1.54) is 0 Å². The summed E-state index contributed by atoms with van der Waals surface area (Å²) in [5.41, 5.74) is 4.02. The smallest absolute Gasteiger partial charge is 0.239 e. The van der Waals surface area contributed by atoms with Crippen LogP contribution >= 0.6 is 0 Å². The number of hydrogen-bond acceptors (Lipinski definition) is 4. The molecule has 2 aromatic rings. The zero-order valence-corrected chi connectivity index (χ0v) is 17.4. The summed E-state index contributed by atoms with van der Waals surface area (Å²) < 4.78 is 0. The lowest BCUT2D eigenvalue weighted by atomic mass is 9.64. The zero-order valence-electron chi connectivity index (χ0n) is 17.4. The number of carbonyl (C=O) groups is 2. The van der Waals surface area contributed by atoms with Gasteiger partial charge in [0.1, 0.15) is 11.1 Å². The van der Waals surface area contributed by atoms with Gasteiger partial charge >= 0.3 is 0 Å². The highest BCUT2D eigenvalue weighted by Crippen LogP contribution is 2.69. The summed E-state index contributed by atoms with van der Waals surface area (Å²) in [6, 6.07) is 17.2. The fraction of sp³-hybridized carbons (Fsp3) is 0.375. The Morgan fingerprint density at radius 1 is 0.931 bits per heavy atom. The first-order valence-electron chi connectivity index (χ1n) is 10.0. The molecule has 5 nitrogen and oxygen atoms in total. The van der Waals surface area contributed by atoms with Gasteiger partial charge in [-0.3, -0.25) is 15.0 Å². The molecule has 2 aromatic carbocycles. The van der Waals surface area contributed by atoms with E-state index in [1.807, 2.05) is 75.4 Å². The van der Waals surface area contributed by atoms with E-state index in [4.69, 9.17) is 0 Å². The maximum absolute atomic E-state index is 13.6. The van der Waals surface area contributed by atoms with E-state index in [-0.39, 0.29) is 11.7 Å². The molecule has 150 valence electrons. The number of hydrogen-bond donors (Lipinski definition) is 2. The summed E-state index contributed by atoms with van der Waals surface area (Å²) in [6.07, 6.45) is 1.29. The molecule has 4 rings (SSSR count). The highest BCUT2D eigenvalue weighted by molar-refractivity contribution is 6.51. The van der Waals surface area contributed by atoms with Crippen LogP contribution in [-0.4, -0.2) is 17.4 Å². The van der Waals surface area contributed by atoms with Gasteiger partial charge in [-0.2, -0.15) is 5.10 Å². The molecule has 0 aromatic heterocycles. The van der Waals surface area contributed by atoms with Crippen molar-refractivity contribution in [3.63, 3.8) is 0 Å². The highest BCUT2D eigenvalue weighted by Gasteiger charge is 2.76. The molecule has 5 heteroatoms. The van der Waals surface area contributed by atoms with Crippen LogP contribution in [0.4, 0.5) is 11.4 Å². The fourth-order valence-electron chi connectivity index (χ4n) is 4.98. The third kappa shape index (κ3) is 2.64. The number of nitrogens with one attached hydrogen (secondary N) is 2. The summed E-state index contributed by atoms with van der Waals surface area (Å²) in [4.78, 5) is 27.0. The molecule has 1 amide bonds. The average Bonchev–Trinajstić information content (AvgIpc) is 2.98. The Labute approximate surface area is 171 Å². The molecule has 0 aliphatic heterocycles. The van der Waals surface area contributed by atoms with Crippen LogP contribution in [0.1, 0.15) is 39.2 Å². The van der Waals surface area contributed by atoms with Crippen molar-refractivity contribution in [3.8, 4) is 0 Å². The second-order valence-electron chi connectivity index (χ2n) is 8.95. The van der Waals surface area contributed by atoms with Gasteiger partial charge in [-0.1, -0.05) is 56.7 Å². The molecular formula is C24H27N3O2. The number of carbonyl (C=O) groups excluding carboxylic acids is 2. The molecule has 0 heterocycles. The number of fused-ring (bicyclic) bond motifs is 2. The Bertz CT molecular complexity index is 995. The lowest BCUT2D eigenvalue weighted by Gasteiger charge is -2.37. The number of ketones is 1. The maximum Gasteiger partial charge on any atom is 0.239 e. The third-order valence-electron chi connectivity index (χ3n) is 7.34. The van der Waals surface area contributed by atoms with E-state index in [9.17, 15) is 9.59 Å². The minimum Gasteiger partial charge on any atom is -0.325 e. The average molecular weight is 389 g/mol. The largest absolute Gasteiger partial charge is 0.325 e. The summed E-state index contributed by atoms with van der Waals surface area (Å²) in [7, 11) is 0. The van der Waals surface area contributed by atoms with Gasteiger partial charge < -0.3 is 5.32 Å². The van der Waals surface area contributed by atoms with E-state index in [0.717, 1.165) is 17.7 Å². The van der Waals surface area contributed by atoms with Crippen molar-refractivity contribution < 1.29 is 9.59 Å². The Morgan fingerprint density at radius 3 is 2.24 bits per heavy atom. The molecule has 2 bridgehead atoms. The number of para-hydroxylation sites is 1. The van der Waals surface area contributed by atoms with Gasteiger partial charge in [0, 0.05) is 11.1 Å². The van der Waals surface area contributed by atoms with E-state index < -0.39 is 16.2 Å². The van der Waals surface area contributed by atoms with Gasteiger partial charge in [0.25, 0.3) is 0 Å². The summed E-state index contributed by atoms with van der Waals surface area (Å²) in [5, 5.41) is 7.50. The molecule has 2 atom stereocenters. The van der Waals surface area contributed by atoms with Crippen molar-refractivity contribution in [2.45, 2.75) is 40.5 Å². The highest BCUT2D eigenvalue weighted by atomic mass is 16.2. The van der Waals surface area contributed by atoms with Gasteiger partial charge in [-0.15, -0.1) is 0 Å². The van der Waals surface area contributed by atoms with Gasteiger partial charge in [0.15, 0.2) is 5.78 Å². The lowest BCUT2D eigenvalue weighted by molar-refractivity contribution is -0.139. The predicted octanol–water partition coefficient (Wildman–Crippen LogP) is 4.80. The minimum atomic E-state index is -1.11. The first-order chi connectivity index (χ1) is 13.7. The Hall–Kier alpha value is -2.95. The molecule has 2 aliphatic rings. The summed E-state index contributed by atoms with van der Waals surface area (Å²) in [5.74, 6) is -0.394. The normalized spacial score (nSPS) is 28.6. The molecule has 0 spiro atoms. The van der Waals surface area contributed by atoms with Crippen LogP contribution < -0.4 is 10.7 Å². The van der Waals surface area contributed by atoms with Crippen LogP contribution in [0.25, 0.3) is 0 Å². The van der Waals surface area contributed by atoms with Crippen molar-refractivity contribution in [3.05, 3.63) is 60.2 Å². The van der Waals surface area contributed by atoms with Crippen LogP contribution in [0.5, 0.6) is 0 Å². The number of benzene rings is 2. The second kappa shape index (κ2) is 6.55. The van der Waals surface area contributed by atoms with Gasteiger partial charge in [0.05, 0.1) is 5.69 Å². The molecular weight excluding hydrogens is 362 g/mol. The van der Waals surface area contributed by atoms with Crippen LogP contribution in [-0.2, 0) is 9.59 Å². The van der Waals surface area contributed by atoms with Crippen molar-refractivity contribution >= 4 is 28.8 Å². The zero-order chi connectivity index (χ0) is 20.9. The van der Waals surface area contributed by atoms with E-state index >= 15 is 0 Å². The van der Waals surface area contributed by atoms with Crippen LogP contribution in [0.15, 0.2) is 59.7 Å². The van der Waals surface area contributed by atoms with Crippen molar-refractivity contribution in [2.75, 3.05) is 10.7 Å². The van der Waals surface area contributed by atoms with Crippen molar-refractivity contribution in [1.82, 2.24) is 0 Å². The standard InChI is InChI=1S/C24H27N3O2/c1-16-10-12-17(13-11-16)25-21(29)24-15-14-23(4,22(24,2)3)19(20(24)28)27-26-18-8-6-5-7-9-18/h5-13,26H,14-15H2,1-4H3,(H,25,29)/b27-19+. The lowest BCUT2D eigenvalue weighted by Crippen LogP contribution is -2.47. The number of nitrogens with zero attached hydrogens (tertiary/aromatic N) is 1. The van der Waals surface area contributed by atoms with E-state index in [2.05, 4.69) is 22.8 Å².